The van der Waals surface area contributed by atoms with Crippen LogP contribution in [0.15, 0.2) is 140 Å². The summed E-state index contributed by atoms with van der Waals surface area (Å²) in [5, 5.41) is 25.2. The van der Waals surface area contributed by atoms with Crippen LogP contribution in [0.5, 0.6) is 0 Å². The van der Waals surface area contributed by atoms with Crippen LogP contribution in [-0.2, 0) is 19.1 Å². The van der Waals surface area contributed by atoms with Gasteiger partial charge in [-0.05, 0) is 77.9 Å². The molecule has 2 atom stereocenters. The molecule has 0 aliphatic carbocycles. The van der Waals surface area contributed by atoms with E-state index >= 15 is 0 Å². The van der Waals surface area contributed by atoms with Gasteiger partial charge in [0, 0.05) is 16.9 Å². The van der Waals surface area contributed by atoms with Crippen LogP contribution < -0.4 is 10.6 Å². The fraction of sp³-hybridized carbons (Fsp3) is 0.0500. The number of esters is 2. The molecule has 0 bridgehead atoms. The van der Waals surface area contributed by atoms with Gasteiger partial charge in [0.05, 0.1) is 22.8 Å². The second-order valence-electron chi connectivity index (χ2n) is 10.9. The third-order valence-electron chi connectivity index (χ3n) is 7.36. The van der Waals surface area contributed by atoms with Crippen molar-refractivity contribution in [3.05, 3.63) is 167 Å². The first kappa shape index (κ1) is 35.0. The molecule has 0 aliphatic heterocycles. The highest BCUT2D eigenvalue weighted by Gasteiger charge is 2.41. The number of hydrogen-bond acceptors (Lipinski definition) is 8. The van der Waals surface area contributed by atoms with Gasteiger partial charge in [0.1, 0.15) is 0 Å². The van der Waals surface area contributed by atoms with E-state index in [4.69, 9.17) is 9.47 Å². The van der Waals surface area contributed by atoms with E-state index < -0.39 is 36.0 Å². The molecule has 5 aromatic rings. The van der Waals surface area contributed by atoms with Crippen molar-refractivity contribution in [2.75, 3.05) is 10.6 Å². The maximum Gasteiger partial charge on any atom is 0.349 e. The molecule has 0 saturated heterocycles. The van der Waals surface area contributed by atoms with E-state index in [1.165, 1.54) is 36.4 Å². The minimum atomic E-state index is -2.19. The van der Waals surface area contributed by atoms with Crippen LogP contribution >= 0.6 is 0 Å². The van der Waals surface area contributed by atoms with E-state index in [2.05, 4.69) is 16.7 Å². The molecule has 0 saturated carbocycles. The first-order valence-corrected chi connectivity index (χ1v) is 15.5. The maximum absolute atomic E-state index is 13.5. The van der Waals surface area contributed by atoms with Crippen LogP contribution in [0.25, 0.3) is 11.6 Å². The average molecular weight is 680 g/mol. The Morgan fingerprint density at radius 2 is 1.02 bits per heavy atom. The SMILES string of the molecule is N#C/C(=C\c1ccc(NC(=O)[C@@H](OC(=O)c2ccccc2)[C@H](OC(=O)c2ccccc2)C(=O)O)cc1)c1ccc(NC(=O)c2ccccc2)cc1. The fourth-order valence-corrected chi connectivity index (χ4v) is 4.76. The van der Waals surface area contributed by atoms with Gasteiger partial charge < -0.3 is 25.2 Å². The van der Waals surface area contributed by atoms with Crippen molar-refractivity contribution >= 4 is 52.7 Å². The molecule has 2 amide bonds. The molecule has 11 heteroatoms. The molecule has 0 spiro atoms. The van der Waals surface area contributed by atoms with Crippen LogP contribution in [0.1, 0.15) is 42.2 Å². The number of ether oxygens (including phenoxy) is 2. The number of carboxylic acid groups (broad SMARTS) is 1. The number of carbonyl (C=O) groups is 5. The number of aliphatic carboxylic acids is 1. The minimum Gasteiger partial charge on any atom is -0.478 e. The summed E-state index contributed by atoms with van der Waals surface area (Å²) in [6.07, 6.45) is -2.64. The molecule has 5 aromatic carbocycles. The predicted molar refractivity (Wildman–Crippen MR) is 188 cm³/mol. The zero-order chi connectivity index (χ0) is 36.2. The third-order valence-corrected chi connectivity index (χ3v) is 7.36. The van der Waals surface area contributed by atoms with Crippen molar-refractivity contribution in [3.8, 4) is 6.07 Å². The predicted octanol–water partition coefficient (Wildman–Crippen LogP) is 6.48. The number of amides is 2. The van der Waals surface area contributed by atoms with Crippen molar-refractivity contribution in [1.29, 1.82) is 5.26 Å². The fourth-order valence-electron chi connectivity index (χ4n) is 4.76. The second kappa shape index (κ2) is 16.7. The molecule has 5 rings (SSSR count). The van der Waals surface area contributed by atoms with E-state index in [9.17, 15) is 34.3 Å². The monoisotopic (exact) mass is 679 g/mol. The van der Waals surface area contributed by atoms with Crippen LogP contribution in [-0.4, -0.2) is 47.0 Å². The van der Waals surface area contributed by atoms with Gasteiger partial charge in [0.15, 0.2) is 0 Å². The number of allylic oxidation sites excluding steroid dienone is 1. The summed E-state index contributed by atoms with van der Waals surface area (Å²) in [6, 6.07) is 39.1. The molecule has 0 aromatic heterocycles. The summed E-state index contributed by atoms with van der Waals surface area (Å²) in [5.74, 6) is -5.08. The smallest absolute Gasteiger partial charge is 0.349 e. The second-order valence-corrected chi connectivity index (χ2v) is 10.9. The van der Waals surface area contributed by atoms with Crippen molar-refractivity contribution < 1.29 is 38.6 Å². The maximum atomic E-state index is 13.5. The van der Waals surface area contributed by atoms with Gasteiger partial charge in [-0.25, -0.2) is 14.4 Å². The van der Waals surface area contributed by atoms with Crippen molar-refractivity contribution in [3.63, 3.8) is 0 Å². The molecule has 0 radical (unpaired) electrons. The Kier molecular flexibility index (Phi) is 11.4. The lowest BCUT2D eigenvalue weighted by Crippen LogP contribution is -2.48. The van der Waals surface area contributed by atoms with E-state index in [-0.39, 0.29) is 22.7 Å². The van der Waals surface area contributed by atoms with Crippen LogP contribution in [0.2, 0.25) is 0 Å². The van der Waals surface area contributed by atoms with Crippen molar-refractivity contribution in [1.82, 2.24) is 0 Å². The highest BCUT2D eigenvalue weighted by atomic mass is 16.6. The van der Waals surface area contributed by atoms with Crippen LogP contribution in [0.3, 0.4) is 0 Å². The van der Waals surface area contributed by atoms with E-state index in [0.29, 0.717) is 28.0 Å². The largest absolute Gasteiger partial charge is 0.478 e. The molecule has 252 valence electrons. The summed E-state index contributed by atoms with van der Waals surface area (Å²) in [6.45, 7) is 0. The molecular weight excluding hydrogens is 650 g/mol. The summed E-state index contributed by atoms with van der Waals surface area (Å²) in [4.78, 5) is 63.9. The van der Waals surface area contributed by atoms with E-state index in [0.717, 1.165) is 0 Å². The molecule has 3 N–H and O–H groups in total. The Bertz CT molecular complexity index is 2090. The van der Waals surface area contributed by atoms with Gasteiger partial charge in [0.2, 0.25) is 12.2 Å². The Morgan fingerprint density at radius 1 is 0.569 bits per heavy atom. The summed E-state index contributed by atoms with van der Waals surface area (Å²) < 4.78 is 10.5. The quantitative estimate of drug-likeness (QED) is 0.0758. The van der Waals surface area contributed by atoms with Gasteiger partial charge in [-0.2, -0.15) is 5.26 Å². The molecule has 11 nitrogen and oxygen atoms in total. The molecule has 0 aliphatic rings. The molecule has 0 fully saturated rings. The van der Waals surface area contributed by atoms with Crippen LogP contribution in [0.4, 0.5) is 11.4 Å². The van der Waals surface area contributed by atoms with Crippen LogP contribution in [0, 0.1) is 11.3 Å². The Morgan fingerprint density at radius 3 is 1.51 bits per heavy atom. The topological polar surface area (TPSA) is 172 Å². The Labute approximate surface area is 292 Å². The zero-order valence-electron chi connectivity index (χ0n) is 26.8. The number of carboxylic acids is 1. The molecule has 51 heavy (non-hydrogen) atoms. The minimum absolute atomic E-state index is 0.0310. The normalized spacial score (nSPS) is 11.9. The number of rotatable bonds is 12. The number of nitrogens with one attached hydrogen (secondary N) is 2. The zero-order valence-corrected chi connectivity index (χ0v) is 26.8. The van der Waals surface area contributed by atoms with Gasteiger partial charge in [-0.3, -0.25) is 9.59 Å². The van der Waals surface area contributed by atoms with Crippen molar-refractivity contribution in [2.45, 2.75) is 12.2 Å². The first-order chi connectivity index (χ1) is 24.7. The van der Waals surface area contributed by atoms with Crippen molar-refractivity contribution in [2.24, 2.45) is 0 Å². The van der Waals surface area contributed by atoms with Gasteiger partial charge >= 0.3 is 17.9 Å². The lowest BCUT2D eigenvalue weighted by molar-refractivity contribution is -0.157. The van der Waals surface area contributed by atoms with Gasteiger partial charge in [-0.1, -0.05) is 78.9 Å². The van der Waals surface area contributed by atoms with Gasteiger partial charge in [-0.15, -0.1) is 0 Å². The Balaban J connectivity index is 1.31. The first-order valence-electron chi connectivity index (χ1n) is 15.5. The highest BCUT2D eigenvalue weighted by molar-refractivity contribution is 6.04. The molecule has 0 unspecified atom stereocenters. The summed E-state index contributed by atoms with van der Waals surface area (Å²) in [5.41, 5.74) is 2.86. The lowest BCUT2D eigenvalue weighted by Gasteiger charge is -2.23. The average Bonchev–Trinajstić information content (AvgIpc) is 3.17. The number of carbonyl (C=O) groups excluding carboxylic acids is 4. The Hall–Kier alpha value is -7.32. The standard InChI is InChI=1S/C40H29N3O8/c41-25-31(27-18-22-33(23-19-27)42-36(44)28-10-4-1-5-11-28)24-26-16-20-32(21-17-26)43-37(45)34(50-39(48)29-12-6-2-7-13-29)35(38(46)47)51-40(49)30-14-8-3-9-15-30/h1-24,34-35H,(H,42,44)(H,43,45)(H,46,47)/b31-24+/t34-,35-/m0/s1. The lowest BCUT2D eigenvalue weighted by atomic mass is 10.0. The van der Waals surface area contributed by atoms with Gasteiger partial charge in [0.25, 0.3) is 11.8 Å². The number of hydrogen-bond donors (Lipinski definition) is 3. The third kappa shape index (κ3) is 9.40. The summed E-state index contributed by atoms with van der Waals surface area (Å²) in [7, 11) is 0. The van der Waals surface area contributed by atoms with E-state index in [1.807, 2.05) is 6.07 Å². The molecular formula is C40H29N3O8. The number of nitriles is 1. The highest BCUT2D eigenvalue weighted by Crippen LogP contribution is 2.22. The number of benzene rings is 5. The molecule has 0 heterocycles. The van der Waals surface area contributed by atoms with E-state index in [1.54, 1.807) is 103 Å². The number of anilines is 2. The number of nitrogens with zero attached hydrogens (tertiary/aromatic N) is 1. The summed E-state index contributed by atoms with van der Waals surface area (Å²) >= 11 is 0.